The Morgan fingerprint density at radius 2 is 1.59 bits per heavy atom. The van der Waals surface area contributed by atoms with E-state index in [0.29, 0.717) is 33.4 Å². The molecule has 0 aliphatic carbocycles. The van der Waals surface area contributed by atoms with Crippen LogP contribution < -0.4 is 4.90 Å². The number of benzene rings is 3. The van der Waals surface area contributed by atoms with Gasteiger partial charge in [-0.05, 0) is 42.0 Å². The van der Waals surface area contributed by atoms with E-state index in [9.17, 15) is 9.59 Å². The maximum Gasteiger partial charge on any atom is 0.260 e. The molecule has 2 aromatic heterocycles. The molecule has 0 saturated heterocycles. The predicted molar refractivity (Wildman–Crippen MR) is 136 cm³/mol. The molecule has 0 fully saturated rings. The lowest BCUT2D eigenvalue weighted by molar-refractivity contribution is 0.0982. The van der Waals surface area contributed by atoms with E-state index in [1.54, 1.807) is 59.8 Å². The third kappa shape index (κ3) is 4.59. The Balaban J connectivity index is 1.48. The Morgan fingerprint density at radius 3 is 2.32 bits per heavy atom. The normalized spacial score (nSPS) is 10.9. The molecule has 5 nitrogen and oxygen atoms in total. The zero-order valence-electron chi connectivity index (χ0n) is 17.9. The number of rotatable bonds is 6. The van der Waals surface area contributed by atoms with Gasteiger partial charge in [0.05, 0.1) is 16.8 Å². The number of halogens is 1. The first-order chi connectivity index (χ1) is 16.6. The van der Waals surface area contributed by atoms with E-state index in [4.69, 9.17) is 11.6 Å². The third-order valence-corrected chi connectivity index (χ3v) is 6.58. The van der Waals surface area contributed by atoms with Crippen LogP contribution in [0.25, 0.3) is 10.2 Å². The topological polar surface area (TPSA) is 63.2 Å². The monoisotopic (exact) mass is 483 g/mol. The molecule has 3 aromatic carbocycles. The lowest BCUT2D eigenvalue weighted by atomic mass is 10.0. The van der Waals surface area contributed by atoms with E-state index in [0.717, 1.165) is 15.8 Å². The zero-order chi connectivity index (χ0) is 23.5. The number of carbonyl (C=O) groups excluding carboxylic acids is 2. The minimum absolute atomic E-state index is 0.0881. The van der Waals surface area contributed by atoms with Crippen molar-refractivity contribution in [2.24, 2.45) is 0 Å². The number of fused-ring (bicyclic) bond motifs is 1. The van der Waals surface area contributed by atoms with Crippen LogP contribution in [0.3, 0.4) is 0 Å². The molecular formula is C27H18ClN3O2S. The quantitative estimate of drug-likeness (QED) is 0.261. The second kappa shape index (κ2) is 9.55. The van der Waals surface area contributed by atoms with Crippen LogP contribution in [0, 0.1) is 0 Å². The van der Waals surface area contributed by atoms with E-state index in [1.807, 2.05) is 42.5 Å². The van der Waals surface area contributed by atoms with Crippen LogP contribution in [0.4, 0.5) is 5.13 Å². The van der Waals surface area contributed by atoms with E-state index in [2.05, 4.69) is 9.97 Å². The Bertz CT molecular complexity index is 1470. The molecule has 0 unspecified atom stereocenters. The molecule has 0 bridgehead atoms. The van der Waals surface area contributed by atoms with E-state index in [-0.39, 0.29) is 11.7 Å². The summed E-state index contributed by atoms with van der Waals surface area (Å²) in [6.07, 6.45) is 3.42. The number of hydrogen-bond donors (Lipinski definition) is 0. The van der Waals surface area contributed by atoms with Crippen molar-refractivity contribution in [3.63, 3.8) is 0 Å². The number of amides is 1. The summed E-state index contributed by atoms with van der Waals surface area (Å²) in [4.78, 5) is 36.8. The first kappa shape index (κ1) is 21.9. The van der Waals surface area contributed by atoms with Gasteiger partial charge in [0.1, 0.15) is 0 Å². The third-order valence-electron chi connectivity index (χ3n) is 5.31. The number of carbonyl (C=O) groups is 2. The summed E-state index contributed by atoms with van der Waals surface area (Å²) < 4.78 is 0.898. The molecule has 5 aromatic rings. The van der Waals surface area contributed by atoms with Crippen LogP contribution in [-0.2, 0) is 6.54 Å². The van der Waals surface area contributed by atoms with Gasteiger partial charge in [0.25, 0.3) is 5.91 Å². The standard InChI is InChI=1S/C27H18ClN3O2S/c28-22-12-13-23-24(15-22)34-27(30-23)31(17-18-5-4-14-29-16-18)26(33)21-10-8-20(9-11-21)25(32)19-6-2-1-3-7-19/h1-16H,17H2. The molecule has 0 radical (unpaired) electrons. The van der Waals surface area contributed by atoms with Gasteiger partial charge < -0.3 is 0 Å². The minimum atomic E-state index is -0.215. The number of thiazole rings is 1. The van der Waals surface area contributed by atoms with Crippen LogP contribution in [-0.4, -0.2) is 21.7 Å². The van der Waals surface area contributed by atoms with Crippen molar-refractivity contribution in [2.45, 2.75) is 6.54 Å². The molecule has 166 valence electrons. The number of aromatic nitrogens is 2. The fraction of sp³-hybridized carbons (Fsp3) is 0.0370. The van der Waals surface area contributed by atoms with Crippen molar-refractivity contribution in [1.29, 1.82) is 0 Å². The minimum Gasteiger partial charge on any atom is -0.289 e. The van der Waals surface area contributed by atoms with Gasteiger partial charge in [-0.1, -0.05) is 71.5 Å². The molecule has 1 amide bonds. The lowest BCUT2D eigenvalue weighted by Crippen LogP contribution is -2.30. The molecule has 7 heteroatoms. The Labute approximate surface area is 205 Å². The van der Waals surface area contributed by atoms with Gasteiger partial charge in [-0.3, -0.25) is 19.5 Å². The second-order valence-electron chi connectivity index (χ2n) is 7.63. The highest BCUT2D eigenvalue weighted by molar-refractivity contribution is 7.22. The highest BCUT2D eigenvalue weighted by atomic mass is 35.5. The first-order valence-electron chi connectivity index (χ1n) is 10.6. The van der Waals surface area contributed by atoms with Gasteiger partial charge in [0.15, 0.2) is 10.9 Å². The van der Waals surface area contributed by atoms with Crippen molar-refractivity contribution >= 4 is 50.0 Å². The summed E-state index contributed by atoms with van der Waals surface area (Å²) >= 11 is 7.54. The maximum absolute atomic E-state index is 13.6. The maximum atomic E-state index is 13.6. The molecule has 0 atom stereocenters. The number of ketones is 1. The van der Waals surface area contributed by atoms with Crippen molar-refractivity contribution in [2.75, 3.05) is 4.90 Å². The number of nitrogens with zero attached hydrogens (tertiary/aromatic N) is 3. The highest BCUT2D eigenvalue weighted by Crippen LogP contribution is 2.32. The van der Waals surface area contributed by atoms with Crippen molar-refractivity contribution in [3.05, 3.63) is 125 Å². The van der Waals surface area contributed by atoms with Crippen LogP contribution in [0.1, 0.15) is 31.8 Å². The van der Waals surface area contributed by atoms with Crippen LogP contribution in [0.2, 0.25) is 5.02 Å². The number of anilines is 1. The Hall–Kier alpha value is -3.87. The van der Waals surface area contributed by atoms with Crippen LogP contribution in [0.15, 0.2) is 97.3 Å². The van der Waals surface area contributed by atoms with Gasteiger partial charge in [-0.2, -0.15) is 0 Å². The number of pyridine rings is 1. The SMILES string of the molecule is O=C(c1ccccc1)c1ccc(C(=O)N(Cc2cccnc2)c2nc3ccc(Cl)cc3s2)cc1. The smallest absolute Gasteiger partial charge is 0.260 e. The molecule has 0 aliphatic heterocycles. The Kier molecular flexibility index (Phi) is 6.16. The van der Waals surface area contributed by atoms with E-state index < -0.39 is 0 Å². The highest BCUT2D eigenvalue weighted by Gasteiger charge is 2.22. The molecule has 0 saturated carbocycles. The van der Waals surface area contributed by atoms with Gasteiger partial charge in [0, 0.05) is 34.1 Å². The molecule has 0 spiro atoms. The number of hydrogen-bond acceptors (Lipinski definition) is 5. The fourth-order valence-corrected chi connectivity index (χ4v) is 4.82. The van der Waals surface area contributed by atoms with E-state index >= 15 is 0 Å². The van der Waals surface area contributed by atoms with Gasteiger partial charge in [-0.25, -0.2) is 4.98 Å². The summed E-state index contributed by atoms with van der Waals surface area (Å²) in [6.45, 7) is 0.310. The molecule has 0 aliphatic rings. The molecule has 5 rings (SSSR count). The first-order valence-corrected chi connectivity index (χ1v) is 11.7. The van der Waals surface area contributed by atoms with Gasteiger partial charge >= 0.3 is 0 Å². The summed E-state index contributed by atoms with van der Waals surface area (Å²) in [7, 11) is 0. The summed E-state index contributed by atoms with van der Waals surface area (Å²) in [5, 5.41) is 1.18. The molecule has 2 heterocycles. The Morgan fingerprint density at radius 1 is 0.853 bits per heavy atom. The lowest BCUT2D eigenvalue weighted by Gasteiger charge is -2.20. The van der Waals surface area contributed by atoms with Gasteiger partial charge in [0.2, 0.25) is 0 Å². The summed E-state index contributed by atoms with van der Waals surface area (Å²) in [6, 6.07) is 25.0. The van der Waals surface area contributed by atoms with E-state index in [1.165, 1.54) is 11.3 Å². The largest absolute Gasteiger partial charge is 0.289 e. The average Bonchev–Trinajstić information content (AvgIpc) is 3.30. The second-order valence-corrected chi connectivity index (χ2v) is 9.08. The van der Waals surface area contributed by atoms with Crippen LogP contribution >= 0.6 is 22.9 Å². The predicted octanol–water partition coefficient (Wildman–Crippen LogP) is 6.42. The summed E-state index contributed by atoms with van der Waals surface area (Å²) in [5.41, 5.74) is 3.25. The van der Waals surface area contributed by atoms with Crippen LogP contribution in [0.5, 0.6) is 0 Å². The van der Waals surface area contributed by atoms with Crippen molar-refractivity contribution < 1.29 is 9.59 Å². The molecule has 0 N–H and O–H groups in total. The molecule has 34 heavy (non-hydrogen) atoms. The van der Waals surface area contributed by atoms with Crippen molar-refractivity contribution in [1.82, 2.24) is 9.97 Å². The summed E-state index contributed by atoms with van der Waals surface area (Å²) in [5.74, 6) is -0.303. The fourth-order valence-electron chi connectivity index (χ4n) is 3.58. The molecular weight excluding hydrogens is 466 g/mol. The van der Waals surface area contributed by atoms with Gasteiger partial charge in [-0.15, -0.1) is 0 Å². The van der Waals surface area contributed by atoms with Crippen molar-refractivity contribution in [3.8, 4) is 0 Å². The average molecular weight is 484 g/mol. The zero-order valence-corrected chi connectivity index (χ0v) is 19.5.